The monoisotopic (exact) mass is 718 g/mol. The lowest BCUT2D eigenvalue weighted by Crippen LogP contribution is -2.58. The lowest BCUT2D eigenvalue weighted by atomic mass is 9.50. The first-order valence-corrected chi connectivity index (χ1v) is 19.6. The van der Waals surface area contributed by atoms with E-state index in [9.17, 15) is 24.0 Å². The van der Waals surface area contributed by atoms with Crippen LogP contribution in [0.15, 0.2) is 0 Å². The van der Waals surface area contributed by atoms with Crippen LogP contribution in [0.2, 0.25) is 0 Å². The van der Waals surface area contributed by atoms with E-state index in [1.807, 2.05) is 13.8 Å². The van der Waals surface area contributed by atoms with Crippen LogP contribution >= 0.6 is 0 Å². The summed E-state index contributed by atoms with van der Waals surface area (Å²) in [6.45, 7) is 13.9. The summed E-state index contributed by atoms with van der Waals surface area (Å²) in [5.41, 5.74) is -2.15. The number of carbonyl (C=O) groups excluding carboxylic acids is 5. The van der Waals surface area contributed by atoms with Crippen molar-refractivity contribution in [1.82, 2.24) is 0 Å². The second-order valence-electron chi connectivity index (χ2n) is 17.8. The minimum Gasteiger partial charge on any atom is -0.465 e. The van der Waals surface area contributed by atoms with Gasteiger partial charge in [-0.25, -0.2) is 0 Å². The standard InChI is InChI=1S/C40H62O11/c1-8-29(36(44)49-28(23-32(41)50-38(2,3)4)12-16-47-33-10-9-15-46-33)30(34(42)31-13-17-48-35(31)43)11-14-39(5,6)37(45)51-40(7)26-19-24-18-25(21-26)22-27(40)20-24/h24-31,33H,8-23H2,1-7H3. The highest BCUT2D eigenvalue weighted by Crippen LogP contribution is 2.59. The Bertz CT molecular complexity index is 1250. The molecule has 0 aromatic carbocycles. The molecule has 6 fully saturated rings. The van der Waals surface area contributed by atoms with Crippen molar-refractivity contribution in [3.05, 3.63) is 0 Å². The molecule has 6 aliphatic rings. The average molecular weight is 719 g/mol. The number of carbonyl (C=O) groups is 5. The molecule has 0 amide bonds. The van der Waals surface area contributed by atoms with Crippen LogP contribution in [0.5, 0.6) is 0 Å². The first-order chi connectivity index (χ1) is 24.0. The zero-order chi connectivity index (χ0) is 37.1. The van der Waals surface area contributed by atoms with E-state index >= 15 is 0 Å². The van der Waals surface area contributed by atoms with Crippen molar-refractivity contribution >= 4 is 29.7 Å². The van der Waals surface area contributed by atoms with Crippen molar-refractivity contribution in [3.8, 4) is 0 Å². The molecule has 2 saturated heterocycles. The Labute approximate surface area is 303 Å². The lowest BCUT2D eigenvalue weighted by Gasteiger charge is -2.59. The van der Waals surface area contributed by atoms with Gasteiger partial charge in [0.05, 0.1) is 31.0 Å². The maximum absolute atomic E-state index is 14.1. The molecular weight excluding hydrogens is 656 g/mol. The van der Waals surface area contributed by atoms with E-state index in [2.05, 4.69) is 6.92 Å². The number of esters is 4. The van der Waals surface area contributed by atoms with Crippen LogP contribution < -0.4 is 0 Å². The van der Waals surface area contributed by atoms with E-state index in [1.54, 1.807) is 27.7 Å². The normalized spacial score (nSPS) is 31.9. The fourth-order valence-electron chi connectivity index (χ4n) is 9.45. The highest BCUT2D eigenvalue weighted by molar-refractivity contribution is 6.02. The molecule has 0 aromatic rings. The van der Waals surface area contributed by atoms with Crippen molar-refractivity contribution in [2.75, 3.05) is 19.8 Å². The van der Waals surface area contributed by atoms with Gasteiger partial charge in [-0.05, 0) is 123 Å². The van der Waals surface area contributed by atoms with Crippen LogP contribution in [0, 0.1) is 46.8 Å². The number of ketones is 1. The van der Waals surface area contributed by atoms with Crippen molar-refractivity contribution in [2.45, 2.75) is 156 Å². The zero-order valence-electron chi connectivity index (χ0n) is 32.0. The van der Waals surface area contributed by atoms with Crippen LogP contribution in [0.4, 0.5) is 0 Å². The van der Waals surface area contributed by atoms with Gasteiger partial charge < -0.3 is 28.4 Å². The summed E-state index contributed by atoms with van der Waals surface area (Å²) >= 11 is 0. The fraction of sp³-hybridized carbons (Fsp3) is 0.875. The molecule has 11 heteroatoms. The number of Topliss-reactive ketones (excluding diaryl/α,β-unsaturated/α-hetero) is 1. The maximum Gasteiger partial charge on any atom is 0.316 e. The van der Waals surface area contributed by atoms with E-state index in [1.165, 1.54) is 6.42 Å². The van der Waals surface area contributed by atoms with Gasteiger partial charge in [0.15, 0.2) is 12.1 Å². The molecule has 2 aliphatic heterocycles. The summed E-state index contributed by atoms with van der Waals surface area (Å²) < 4.78 is 34.5. The fourth-order valence-corrected chi connectivity index (χ4v) is 9.45. The molecule has 4 aliphatic carbocycles. The third-order valence-electron chi connectivity index (χ3n) is 12.3. The Hall–Kier alpha value is -2.53. The minimum absolute atomic E-state index is 0.145. The molecule has 0 spiro atoms. The summed E-state index contributed by atoms with van der Waals surface area (Å²) in [4.78, 5) is 67.5. The summed E-state index contributed by atoms with van der Waals surface area (Å²) in [5, 5.41) is 0. The molecule has 6 rings (SSSR count). The molecule has 4 saturated carbocycles. The molecule has 2 heterocycles. The van der Waals surface area contributed by atoms with Gasteiger partial charge in [-0.2, -0.15) is 0 Å². The SMILES string of the molecule is CCC(C(=O)OC(CCOC1CCCO1)CC(=O)OC(C)(C)C)C(CCC(C)(C)C(=O)OC1(C)C2CC3CC(C2)CC1C3)C(=O)C1CCOC1=O. The Morgan fingerprint density at radius 2 is 1.57 bits per heavy atom. The number of cyclic esters (lactones) is 1. The largest absolute Gasteiger partial charge is 0.465 e. The zero-order valence-corrected chi connectivity index (χ0v) is 32.0. The number of hydrogen-bond acceptors (Lipinski definition) is 11. The van der Waals surface area contributed by atoms with E-state index < -0.39 is 58.4 Å². The molecule has 288 valence electrons. The van der Waals surface area contributed by atoms with Crippen LogP contribution in [0.3, 0.4) is 0 Å². The molecule has 0 N–H and O–H groups in total. The molecule has 4 bridgehead atoms. The highest BCUT2D eigenvalue weighted by atomic mass is 16.7. The van der Waals surface area contributed by atoms with Gasteiger partial charge in [-0.3, -0.25) is 24.0 Å². The molecule has 11 nitrogen and oxygen atoms in total. The second kappa shape index (κ2) is 16.2. The van der Waals surface area contributed by atoms with Gasteiger partial charge in [0.2, 0.25) is 0 Å². The van der Waals surface area contributed by atoms with Gasteiger partial charge in [-0.15, -0.1) is 0 Å². The van der Waals surface area contributed by atoms with Crippen molar-refractivity contribution in [3.63, 3.8) is 0 Å². The summed E-state index contributed by atoms with van der Waals surface area (Å²) in [6.07, 6.45) is 7.26. The number of ether oxygens (including phenoxy) is 6. The Kier molecular flexibility index (Phi) is 12.6. The smallest absolute Gasteiger partial charge is 0.316 e. The first-order valence-electron chi connectivity index (χ1n) is 19.6. The van der Waals surface area contributed by atoms with Gasteiger partial charge in [0.1, 0.15) is 23.2 Å². The van der Waals surface area contributed by atoms with E-state index in [0.29, 0.717) is 18.4 Å². The van der Waals surface area contributed by atoms with Crippen molar-refractivity contribution in [2.24, 2.45) is 46.8 Å². The van der Waals surface area contributed by atoms with E-state index in [0.717, 1.165) is 50.4 Å². The van der Waals surface area contributed by atoms with Gasteiger partial charge in [-0.1, -0.05) is 6.92 Å². The third-order valence-corrected chi connectivity index (χ3v) is 12.3. The third kappa shape index (κ3) is 9.72. The van der Waals surface area contributed by atoms with Crippen LogP contribution in [-0.4, -0.2) is 73.1 Å². The number of rotatable bonds is 17. The predicted octanol–water partition coefficient (Wildman–Crippen LogP) is 6.51. The summed E-state index contributed by atoms with van der Waals surface area (Å²) in [7, 11) is 0. The molecule has 51 heavy (non-hydrogen) atoms. The Morgan fingerprint density at radius 1 is 0.902 bits per heavy atom. The van der Waals surface area contributed by atoms with E-state index in [4.69, 9.17) is 28.4 Å². The van der Waals surface area contributed by atoms with Crippen molar-refractivity contribution < 1.29 is 52.4 Å². The number of hydrogen-bond donors (Lipinski definition) is 0. The van der Waals surface area contributed by atoms with Crippen LogP contribution in [0.25, 0.3) is 0 Å². The minimum atomic E-state index is -0.976. The van der Waals surface area contributed by atoms with Crippen molar-refractivity contribution in [1.29, 1.82) is 0 Å². The topological polar surface area (TPSA) is 141 Å². The molecule has 5 atom stereocenters. The average Bonchev–Trinajstić information content (AvgIpc) is 3.72. The van der Waals surface area contributed by atoms with E-state index in [-0.39, 0.29) is 69.8 Å². The Morgan fingerprint density at radius 3 is 2.12 bits per heavy atom. The van der Waals surface area contributed by atoms with Gasteiger partial charge in [0.25, 0.3) is 0 Å². The molecule has 0 radical (unpaired) electrons. The summed E-state index contributed by atoms with van der Waals surface area (Å²) in [5.74, 6) is -2.93. The van der Waals surface area contributed by atoms with Crippen LogP contribution in [0.1, 0.15) is 132 Å². The second-order valence-corrected chi connectivity index (χ2v) is 17.8. The Balaban J connectivity index is 1.28. The lowest BCUT2D eigenvalue weighted by molar-refractivity contribution is -0.211. The maximum atomic E-state index is 14.1. The summed E-state index contributed by atoms with van der Waals surface area (Å²) in [6, 6.07) is 0. The highest BCUT2D eigenvalue weighted by Gasteiger charge is 2.58. The molecular formula is C40H62O11. The van der Waals surface area contributed by atoms with Gasteiger partial charge >= 0.3 is 23.9 Å². The quantitative estimate of drug-likeness (QED) is 0.0923. The first kappa shape index (κ1) is 39.7. The molecule has 0 aromatic heterocycles. The predicted molar refractivity (Wildman–Crippen MR) is 186 cm³/mol. The van der Waals surface area contributed by atoms with Gasteiger partial charge in [0, 0.05) is 31.8 Å². The van der Waals surface area contributed by atoms with Crippen LogP contribution in [-0.2, 0) is 52.4 Å². The molecule has 5 unspecified atom stereocenters.